The van der Waals surface area contributed by atoms with Gasteiger partial charge in [-0.05, 0) is 29.3 Å². The number of aromatic nitrogens is 1. The number of halogens is 3. The molecule has 1 aliphatic heterocycles. The summed E-state index contributed by atoms with van der Waals surface area (Å²) in [4.78, 5) is 17.4. The first kappa shape index (κ1) is 16.7. The first-order valence-electron chi connectivity index (χ1n) is 7.18. The first-order chi connectivity index (χ1) is 11.5. The third-order valence-corrected chi connectivity index (χ3v) is 4.09. The monoisotopic (exact) mass is 366 g/mol. The van der Waals surface area contributed by atoms with Crippen molar-refractivity contribution in [2.24, 2.45) is 0 Å². The van der Waals surface area contributed by atoms with Gasteiger partial charge in [0.05, 0.1) is 10.7 Å². The van der Waals surface area contributed by atoms with Crippen LogP contribution in [0.5, 0.6) is 0 Å². The van der Waals surface area contributed by atoms with E-state index >= 15 is 0 Å². The van der Waals surface area contributed by atoms with Gasteiger partial charge < -0.3 is 9.64 Å². The molecule has 1 aromatic carbocycles. The molecule has 1 aliphatic rings. The van der Waals surface area contributed by atoms with Crippen molar-refractivity contribution in [1.82, 2.24) is 9.88 Å². The molecule has 3 rings (SSSR count). The second kappa shape index (κ2) is 7.20. The zero-order valence-electron chi connectivity index (χ0n) is 12.5. The summed E-state index contributed by atoms with van der Waals surface area (Å²) in [7, 11) is 0. The van der Waals surface area contributed by atoms with E-state index in [1.54, 1.807) is 24.4 Å². The molecule has 0 unspecified atom stereocenters. The van der Waals surface area contributed by atoms with Crippen LogP contribution in [-0.4, -0.2) is 22.5 Å². The molecule has 2 aromatic rings. The Morgan fingerprint density at radius 3 is 2.54 bits per heavy atom. The van der Waals surface area contributed by atoms with Crippen LogP contribution in [0.25, 0.3) is 0 Å². The van der Waals surface area contributed by atoms with Crippen molar-refractivity contribution < 1.29 is 13.9 Å². The van der Waals surface area contributed by atoms with Gasteiger partial charge in [0, 0.05) is 25.4 Å². The fourth-order valence-corrected chi connectivity index (χ4v) is 2.70. The van der Waals surface area contributed by atoms with Gasteiger partial charge in [-0.1, -0.05) is 35.3 Å². The fraction of sp³-hybridized carbons (Fsp3) is 0.176. The standard InChI is InChI=1S/C17H13Cl2FN2O2/c18-14-5-11(1-3-15(14)20)8-22(13-6-17(23)24-10-13)9-12-2-4-16(19)21-7-12/h1-7H,8-10H2. The zero-order valence-corrected chi connectivity index (χ0v) is 14.0. The third-order valence-electron chi connectivity index (χ3n) is 3.57. The highest BCUT2D eigenvalue weighted by Gasteiger charge is 2.20. The summed E-state index contributed by atoms with van der Waals surface area (Å²) >= 11 is 11.7. The Morgan fingerprint density at radius 1 is 1.17 bits per heavy atom. The molecule has 0 aliphatic carbocycles. The Hall–Kier alpha value is -2.11. The SMILES string of the molecule is O=C1C=C(N(Cc2ccc(Cl)nc2)Cc2ccc(F)c(Cl)c2)CO1. The van der Waals surface area contributed by atoms with Crippen LogP contribution in [0.1, 0.15) is 11.1 Å². The van der Waals surface area contributed by atoms with Crippen molar-refractivity contribution in [2.45, 2.75) is 13.1 Å². The fourth-order valence-electron chi connectivity index (χ4n) is 2.38. The van der Waals surface area contributed by atoms with E-state index < -0.39 is 5.82 Å². The normalized spacial score (nSPS) is 13.6. The predicted octanol–water partition coefficient (Wildman–Crippen LogP) is 3.97. The van der Waals surface area contributed by atoms with Crippen LogP contribution in [0, 0.1) is 5.82 Å². The topological polar surface area (TPSA) is 42.4 Å². The van der Waals surface area contributed by atoms with Gasteiger partial charge in [-0.3, -0.25) is 0 Å². The lowest BCUT2D eigenvalue weighted by molar-refractivity contribution is -0.135. The number of hydrogen-bond acceptors (Lipinski definition) is 4. The van der Waals surface area contributed by atoms with Crippen molar-refractivity contribution in [3.63, 3.8) is 0 Å². The molecule has 2 heterocycles. The molecule has 0 amide bonds. The Bertz CT molecular complexity index is 794. The summed E-state index contributed by atoms with van der Waals surface area (Å²) in [5.41, 5.74) is 2.49. The summed E-state index contributed by atoms with van der Waals surface area (Å²) in [5, 5.41) is 0.475. The molecule has 0 spiro atoms. The van der Waals surface area contributed by atoms with Gasteiger partial charge in [-0.15, -0.1) is 0 Å². The van der Waals surface area contributed by atoms with Crippen LogP contribution in [0.15, 0.2) is 48.3 Å². The average Bonchev–Trinajstić information content (AvgIpc) is 2.99. The second-order valence-corrected chi connectivity index (χ2v) is 6.13. The van der Waals surface area contributed by atoms with E-state index in [1.165, 1.54) is 12.1 Å². The molecule has 0 fully saturated rings. The largest absolute Gasteiger partial charge is 0.456 e. The van der Waals surface area contributed by atoms with E-state index in [9.17, 15) is 9.18 Å². The number of benzene rings is 1. The molecular weight excluding hydrogens is 354 g/mol. The lowest BCUT2D eigenvalue weighted by Crippen LogP contribution is -2.23. The van der Waals surface area contributed by atoms with Crippen LogP contribution in [0.2, 0.25) is 10.2 Å². The predicted molar refractivity (Wildman–Crippen MR) is 88.9 cm³/mol. The van der Waals surface area contributed by atoms with Crippen molar-refractivity contribution in [3.05, 3.63) is 75.4 Å². The number of cyclic esters (lactones) is 1. The number of esters is 1. The highest BCUT2D eigenvalue weighted by atomic mass is 35.5. The molecule has 0 saturated heterocycles. The van der Waals surface area contributed by atoms with Crippen LogP contribution >= 0.6 is 23.2 Å². The van der Waals surface area contributed by atoms with Crippen LogP contribution < -0.4 is 0 Å². The Morgan fingerprint density at radius 2 is 1.92 bits per heavy atom. The number of nitrogens with zero attached hydrogens (tertiary/aromatic N) is 2. The number of carbonyl (C=O) groups excluding carboxylic acids is 1. The number of rotatable bonds is 5. The first-order valence-corrected chi connectivity index (χ1v) is 7.93. The highest BCUT2D eigenvalue weighted by Crippen LogP contribution is 2.22. The zero-order chi connectivity index (χ0) is 17.1. The van der Waals surface area contributed by atoms with E-state index in [0.29, 0.717) is 18.2 Å². The Labute approximate surface area is 148 Å². The number of hydrogen-bond donors (Lipinski definition) is 0. The van der Waals surface area contributed by atoms with Crippen LogP contribution in [-0.2, 0) is 22.6 Å². The Balaban J connectivity index is 1.84. The van der Waals surface area contributed by atoms with Gasteiger partial charge in [0.25, 0.3) is 0 Å². The van der Waals surface area contributed by atoms with Gasteiger partial charge in [0.2, 0.25) is 0 Å². The lowest BCUT2D eigenvalue weighted by Gasteiger charge is -2.25. The maximum absolute atomic E-state index is 13.3. The maximum Gasteiger partial charge on any atom is 0.333 e. The van der Waals surface area contributed by atoms with E-state index in [0.717, 1.165) is 16.8 Å². The van der Waals surface area contributed by atoms with E-state index in [4.69, 9.17) is 27.9 Å². The van der Waals surface area contributed by atoms with E-state index in [1.807, 2.05) is 11.0 Å². The number of pyridine rings is 1. The highest BCUT2D eigenvalue weighted by molar-refractivity contribution is 6.30. The van der Waals surface area contributed by atoms with Crippen LogP contribution in [0.3, 0.4) is 0 Å². The summed E-state index contributed by atoms with van der Waals surface area (Å²) < 4.78 is 18.3. The van der Waals surface area contributed by atoms with Crippen molar-refractivity contribution in [2.75, 3.05) is 6.61 Å². The van der Waals surface area contributed by atoms with Crippen molar-refractivity contribution in [1.29, 1.82) is 0 Å². The Kier molecular flexibility index (Phi) is 5.02. The average molecular weight is 367 g/mol. The van der Waals surface area contributed by atoms with Crippen LogP contribution in [0.4, 0.5) is 4.39 Å². The molecule has 7 heteroatoms. The minimum Gasteiger partial charge on any atom is -0.456 e. The molecule has 124 valence electrons. The molecule has 0 saturated carbocycles. The van der Waals surface area contributed by atoms with Gasteiger partial charge >= 0.3 is 5.97 Å². The van der Waals surface area contributed by atoms with Gasteiger partial charge in [-0.25, -0.2) is 14.2 Å². The summed E-state index contributed by atoms with van der Waals surface area (Å²) in [5.74, 6) is -0.839. The smallest absolute Gasteiger partial charge is 0.333 e. The lowest BCUT2D eigenvalue weighted by atomic mass is 10.1. The molecule has 0 bridgehead atoms. The van der Waals surface area contributed by atoms with E-state index in [-0.39, 0.29) is 17.6 Å². The summed E-state index contributed by atoms with van der Waals surface area (Å²) in [6, 6.07) is 8.12. The van der Waals surface area contributed by atoms with Gasteiger partial charge in [0.1, 0.15) is 17.6 Å². The molecular formula is C17H13Cl2FN2O2. The molecule has 0 atom stereocenters. The minimum atomic E-state index is -0.465. The van der Waals surface area contributed by atoms with Crippen molar-refractivity contribution >= 4 is 29.2 Å². The number of carbonyl (C=O) groups is 1. The molecule has 4 nitrogen and oxygen atoms in total. The second-order valence-electron chi connectivity index (χ2n) is 5.34. The maximum atomic E-state index is 13.3. The summed E-state index contributed by atoms with van der Waals surface area (Å²) in [6.45, 7) is 1.15. The molecule has 0 N–H and O–H groups in total. The molecule has 1 aromatic heterocycles. The van der Waals surface area contributed by atoms with Crippen molar-refractivity contribution in [3.8, 4) is 0 Å². The molecule has 24 heavy (non-hydrogen) atoms. The van der Waals surface area contributed by atoms with Gasteiger partial charge in [-0.2, -0.15) is 0 Å². The van der Waals surface area contributed by atoms with Gasteiger partial charge in [0.15, 0.2) is 0 Å². The summed E-state index contributed by atoms with van der Waals surface area (Å²) in [6.07, 6.45) is 3.12. The quantitative estimate of drug-likeness (QED) is 0.593. The molecule has 0 radical (unpaired) electrons. The third kappa shape index (κ3) is 4.04. The van der Waals surface area contributed by atoms with E-state index in [2.05, 4.69) is 4.98 Å². The number of ether oxygens (including phenoxy) is 1. The minimum absolute atomic E-state index is 0.0633.